The molecule has 0 aliphatic carbocycles. The summed E-state index contributed by atoms with van der Waals surface area (Å²) in [4.78, 5) is 12.1. The zero-order valence-corrected chi connectivity index (χ0v) is 11.9. The Morgan fingerprint density at radius 2 is 2.00 bits per heavy atom. The number of halogens is 1. The van der Waals surface area contributed by atoms with Crippen molar-refractivity contribution in [1.29, 1.82) is 0 Å². The Balaban J connectivity index is 2.19. The van der Waals surface area contributed by atoms with E-state index in [2.05, 4.69) is 0 Å². The van der Waals surface area contributed by atoms with E-state index in [1.807, 2.05) is 31.2 Å². The largest absolute Gasteiger partial charge is 0.493 e. The van der Waals surface area contributed by atoms with Crippen LogP contribution in [0.5, 0.6) is 5.75 Å². The summed E-state index contributed by atoms with van der Waals surface area (Å²) in [6.07, 6.45) is 3.29. The first-order chi connectivity index (χ1) is 9.70. The Bertz CT molecular complexity index is 632. The van der Waals surface area contributed by atoms with Crippen LogP contribution in [0.15, 0.2) is 54.6 Å². The number of carbonyl (C=O) groups is 1. The van der Waals surface area contributed by atoms with Crippen LogP contribution in [0.4, 0.5) is 0 Å². The van der Waals surface area contributed by atoms with Gasteiger partial charge in [-0.05, 0) is 37.3 Å². The van der Waals surface area contributed by atoms with Crippen LogP contribution in [0.25, 0.3) is 6.08 Å². The summed E-state index contributed by atoms with van der Waals surface area (Å²) in [5, 5.41) is 0.555. The first-order valence-corrected chi connectivity index (χ1v) is 6.78. The van der Waals surface area contributed by atoms with Crippen molar-refractivity contribution in [2.24, 2.45) is 0 Å². The molecule has 20 heavy (non-hydrogen) atoms. The molecule has 0 atom stereocenters. The van der Waals surface area contributed by atoms with E-state index in [1.54, 1.807) is 30.3 Å². The molecule has 0 N–H and O–H groups in total. The smallest absolute Gasteiger partial charge is 0.185 e. The van der Waals surface area contributed by atoms with Gasteiger partial charge in [-0.25, -0.2) is 0 Å². The van der Waals surface area contributed by atoms with Crippen LogP contribution in [0, 0.1) is 0 Å². The maximum absolute atomic E-state index is 12.1. The first-order valence-electron chi connectivity index (χ1n) is 6.40. The zero-order chi connectivity index (χ0) is 14.4. The fourth-order valence-electron chi connectivity index (χ4n) is 1.81. The molecule has 3 heteroatoms. The van der Waals surface area contributed by atoms with Gasteiger partial charge in [0.1, 0.15) is 5.75 Å². The monoisotopic (exact) mass is 286 g/mol. The Kier molecular flexibility index (Phi) is 4.97. The van der Waals surface area contributed by atoms with E-state index in [4.69, 9.17) is 16.3 Å². The van der Waals surface area contributed by atoms with E-state index >= 15 is 0 Å². The second-order valence-corrected chi connectivity index (χ2v) is 4.62. The third-order valence-electron chi connectivity index (χ3n) is 2.74. The van der Waals surface area contributed by atoms with Crippen molar-refractivity contribution >= 4 is 23.5 Å². The average Bonchev–Trinajstić information content (AvgIpc) is 2.46. The van der Waals surface area contributed by atoms with E-state index in [0.29, 0.717) is 17.2 Å². The van der Waals surface area contributed by atoms with Crippen LogP contribution in [-0.4, -0.2) is 12.4 Å². The maximum atomic E-state index is 12.1. The predicted molar refractivity (Wildman–Crippen MR) is 82.4 cm³/mol. The van der Waals surface area contributed by atoms with E-state index in [9.17, 15) is 4.79 Å². The van der Waals surface area contributed by atoms with Crippen molar-refractivity contribution < 1.29 is 9.53 Å². The van der Waals surface area contributed by atoms with Gasteiger partial charge in [0.2, 0.25) is 0 Å². The number of benzene rings is 2. The van der Waals surface area contributed by atoms with Gasteiger partial charge in [0.25, 0.3) is 0 Å². The summed E-state index contributed by atoms with van der Waals surface area (Å²) in [7, 11) is 0. The molecule has 0 amide bonds. The van der Waals surface area contributed by atoms with Crippen molar-refractivity contribution in [1.82, 2.24) is 0 Å². The molecule has 2 aromatic rings. The lowest BCUT2D eigenvalue weighted by Gasteiger charge is -2.06. The highest BCUT2D eigenvalue weighted by Gasteiger charge is 2.03. The van der Waals surface area contributed by atoms with Gasteiger partial charge in [0.15, 0.2) is 5.78 Å². The minimum absolute atomic E-state index is 0.0844. The van der Waals surface area contributed by atoms with Crippen LogP contribution < -0.4 is 4.74 Å². The zero-order valence-electron chi connectivity index (χ0n) is 11.2. The lowest BCUT2D eigenvalue weighted by Crippen LogP contribution is -1.95. The molecule has 0 spiro atoms. The fourth-order valence-corrected chi connectivity index (χ4v) is 2.00. The fraction of sp³-hybridized carbons (Fsp3) is 0.118. The molecule has 0 aliphatic rings. The van der Waals surface area contributed by atoms with Gasteiger partial charge in [0.05, 0.1) is 6.61 Å². The maximum Gasteiger partial charge on any atom is 0.185 e. The van der Waals surface area contributed by atoms with Gasteiger partial charge < -0.3 is 4.74 Å². The molecule has 0 aliphatic heterocycles. The third-order valence-corrected chi connectivity index (χ3v) is 2.98. The topological polar surface area (TPSA) is 26.3 Å². The van der Waals surface area contributed by atoms with Gasteiger partial charge in [-0.3, -0.25) is 4.79 Å². The normalized spacial score (nSPS) is 10.7. The molecular formula is C17H15ClO2. The standard InChI is InChI=1S/C17H15ClO2/c1-2-20-17-9-4-3-6-13(17)10-11-16(19)14-7-5-8-15(18)12-14/h3-12H,2H2,1H3. The first kappa shape index (κ1) is 14.4. The van der Waals surface area contributed by atoms with Crippen molar-refractivity contribution in [3.63, 3.8) is 0 Å². The Labute approximate surface area is 123 Å². The van der Waals surface area contributed by atoms with Crippen molar-refractivity contribution in [3.05, 3.63) is 70.8 Å². The van der Waals surface area contributed by atoms with Crippen LogP contribution in [0.2, 0.25) is 5.02 Å². The number of hydrogen-bond acceptors (Lipinski definition) is 2. The summed E-state index contributed by atoms with van der Waals surface area (Å²) in [6, 6.07) is 14.5. The van der Waals surface area contributed by atoms with Crippen LogP contribution in [0.3, 0.4) is 0 Å². The minimum Gasteiger partial charge on any atom is -0.493 e. The Morgan fingerprint density at radius 1 is 1.20 bits per heavy atom. The van der Waals surface area contributed by atoms with E-state index in [1.165, 1.54) is 6.08 Å². The lowest BCUT2D eigenvalue weighted by atomic mass is 10.1. The second kappa shape index (κ2) is 6.92. The second-order valence-electron chi connectivity index (χ2n) is 4.18. The lowest BCUT2D eigenvalue weighted by molar-refractivity contribution is 0.104. The molecule has 0 unspecified atom stereocenters. The number of ether oxygens (including phenoxy) is 1. The quantitative estimate of drug-likeness (QED) is 0.591. The van der Waals surface area contributed by atoms with Crippen molar-refractivity contribution in [2.75, 3.05) is 6.61 Å². The summed E-state index contributed by atoms with van der Waals surface area (Å²) in [6.45, 7) is 2.52. The van der Waals surface area contributed by atoms with E-state index in [0.717, 1.165) is 11.3 Å². The molecular weight excluding hydrogens is 272 g/mol. The molecule has 2 nitrogen and oxygen atoms in total. The average molecular weight is 287 g/mol. The van der Waals surface area contributed by atoms with Gasteiger partial charge in [-0.1, -0.05) is 41.9 Å². The number of carbonyl (C=O) groups excluding carboxylic acids is 1. The number of para-hydroxylation sites is 1. The summed E-state index contributed by atoms with van der Waals surface area (Å²) < 4.78 is 5.51. The minimum atomic E-state index is -0.0844. The van der Waals surface area contributed by atoms with E-state index < -0.39 is 0 Å². The molecule has 0 aromatic heterocycles. The van der Waals surface area contributed by atoms with Crippen LogP contribution in [0.1, 0.15) is 22.8 Å². The van der Waals surface area contributed by atoms with Gasteiger partial charge >= 0.3 is 0 Å². The number of hydrogen-bond donors (Lipinski definition) is 0. The van der Waals surface area contributed by atoms with Crippen LogP contribution in [-0.2, 0) is 0 Å². The third kappa shape index (κ3) is 3.72. The summed E-state index contributed by atoms with van der Waals surface area (Å²) in [5.41, 5.74) is 1.45. The highest BCUT2D eigenvalue weighted by atomic mass is 35.5. The number of allylic oxidation sites excluding steroid dienone is 1. The molecule has 0 bridgehead atoms. The Morgan fingerprint density at radius 3 is 2.75 bits per heavy atom. The highest BCUT2D eigenvalue weighted by molar-refractivity contribution is 6.31. The number of ketones is 1. The SMILES string of the molecule is CCOc1ccccc1C=CC(=O)c1cccc(Cl)c1. The Hall–Kier alpha value is -2.06. The molecule has 0 saturated heterocycles. The van der Waals surface area contributed by atoms with E-state index in [-0.39, 0.29) is 5.78 Å². The van der Waals surface area contributed by atoms with Crippen molar-refractivity contribution in [3.8, 4) is 5.75 Å². The summed E-state index contributed by atoms with van der Waals surface area (Å²) >= 11 is 5.88. The predicted octanol–water partition coefficient (Wildman–Crippen LogP) is 4.63. The molecule has 0 radical (unpaired) electrons. The molecule has 2 aromatic carbocycles. The van der Waals surface area contributed by atoms with Crippen LogP contribution >= 0.6 is 11.6 Å². The molecule has 0 heterocycles. The molecule has 2 rings (SSSR count). The van der Waals surface area contributed by atoms with Gasteiger partial charge in [-0.15, -0.1) is 0 Å². The van der Waals surface area contributed by atoms with Crippen molar-refractivity contribution in [2.45, 2.75) is 6.92 Å². The number of rotatable bonds is 5. The molecule has 0 fully saturated rings. The molecule has 0 saturated carbocycles. The van der Waals surface area contributed by atoms with Gasteiger partial charge in [-0.2, -0.15) is 0 Å². The highest BCUT2D eigenvalue weighted by Crippen LogP contribution is 2.20. The van der Waals surface area contributed by atoms with Gasteiger partial charge in [0, 0.05) is 16.1 Å². The molecule has 102 valence electrons. The summed E-state index contributed by atoms with van der Waals surface area (Å²) in [5.74, 6) is 0.684.